The standard InChI is InChI=1S/C7H10N6/c1-4(8)6-7-11-9-3-13(7)12-5(2)10-6/h3-4H,8H2,1-2H3/t4-/m0/s1. The Morgan fingerprint density at radius 1 is 1.54 bits per heavy atom. The molecule has 0 aliphatic rings. The first kappa shape index (κ1) is 8.06. The van der Waals surface area contributed by atoms with Gasteiger partial charge < -0.3 is 5.73 Å². The number of nitrogens with two attached hydrogens (primary N) is 1. The molecule has 0 aliphatic heterocycles. The second kappa shape index (κ2) is 2.74. The van der Waals surface area contributed by atoms with Crippen molar-refractivity contribution in [2.45, 2.75) is 19.9 Å². The predicted molar refractivity (Wildman–Crippen MR) is 45.9 cm³/mol. The van der Waals surface area contributed by atoms with Gasteiger partial charge in [0.2, 0.25) is 5.65 Å². The van der Waals surface area contributed by atoms with Crippen molar-refractivity contribution in [1.82, 2.24) is 24.8 Å². The number of aryl methyl sites for hydroxylation is 1. The van der Waals surface area contributed by atoms with Gasteiger partial charge in [-0.2, -0.15) is 9.61 Å². The quantitative estimate of drug-likeness (QED) is 0.656. The summed E-state index contributed by atoms with van der Waals surface area (Å²) < 4.78 is 1.58. The first-order valence-corrected chi connectivity index (χ1v) is 3.98. The van der Waals surface area contributed by atoms with Crippen LogP contribution in [0.4, 0.5) is 0 Å². The van der Waals surface area contributed by atoms with Crippen LogP contribution < -0.4 is 5.73 Å². The van der Waals surface area contributed by atoms with Crippen LogP contribution in [-0.2, 0) is 0 Å². The molecule has 0 amide bonds. The highest BCUT2D eigenvalue weighted by atomic mass is 15.4. The molecule has 2 aromatic heterocycles. The van der Waals surface area contributed by atoms with Crippen LogP contribution in [0.1, 0.15) is 24.5 Å². The molecule has 0 radical (unpaired) electrons. The highest BCUT2D eigenvalue weighted by Gasteiger charge is 2.10. The van der Waals surface area contributed by atoms with Crippen LogP contribution in [0, 0.1) is 6.92 Å². The summed E-state index contributed by atoms with van der Waals surface area (Å²) in [5.74, 6) is 0.666. The third-order valence-electron chi connectivity index (χ3n) is 1.73. The average molecular weight is 178 g/mol. The SMILES string of the molecule is Cc1nc([C@H](C)N)c2nncn2n1. The van der Waals surface area contributed by atoms with Gasteiger partial charge in [0.15, 0.2) is 0 Å². The van der Waals surface area contributed by atoms with E-state index in [0.29, 0.717) is 11.5 Å². The van der Waals surface area contributed by atoms with Gasteiger partial charge in [-0.15, -0.1) is 10.2 Å². The first-order valence-electron chi connectivity index (χ1n) is 3.98. The molecule has 0 aliphatic carbocycles. The Balaban J connectivity index is 2.77. The van der Waals surface area contributed by atoms with Crippen LogP contribution >= 0.6 is 0 Å². The summed E-state index contributed by atoms with van der Waals surface area (Å²) in [5, 5.41) is 11.7. The average Bonchev–Trinajstić information content (AvgIpc) is 2.49. The summed E-state index contributed by atoms with van der Waals surface area (Å²) >= 11 is 0. The van der Waals surface area contributed by atoms with Gasteiger partial charge in [-0.3, -0.25) is 0 Å². The van der Waals surface area contributed by atoms with Gasteiger partial charge >= 0.3 is 0 Å². The van der Waals surface area contributed by atoms with Gasteiger partial charge in [-0.1, -0.05) is 0 Å². The second-order valence-electron chi connectivity index (χ2n) is 2.93. The van der Waals surface area contributed by atoms with Crippen LogP contribution in [0.15, 0.2) is 6.33 Å². The molecule has 13 heavy (non-hydrogen) atoms. The Kier molecular flexibility index (Phi) is 1.70. The van der Waals surface area contributed by atoms with Gasteiger partial charge in [-0.25, -0.2) is 4.98 Å². The van der Waals surface area contributed by atoms with E-state index >= 15 is 0 Å². The fourth-order valence-electron chi connectivity index (χ4n) is 1.18. The maximum absolute atomic E-state index is 5.74. The van der Waals surface area contributed by atoms with Crippen molar-refractivity contribution in [2.24, 2.45) is 5.73 Å². The van der Waals surface area contributed by atoms with E-state index in [2.05, 4.69) is 20.3 Å². The monoisotopic (exact) mass is 178 g/mol. The van der Waals surface area contributed by atoms with E-state index < -0.39 is 0 Å². The third-order valence-corrected chi connectivity index (χ3v) is 1.73. The Morgan fingerprint density at radius 3 is 3.00 bits per heavy atom. The molecule has 0 spiro atoms. The smallest absolute Gasteiger partial charge is 0.200 e. The molecule has 0 saturated carbocycles. The molecule has 68 valence electrons. The van der Waals surface area contributed by atoms with E-state index in [9.17, 15) is 0 Å². The molecule has 2 heterocycles. The van der Waals surface area contributed by atoms with Crippen molar-refractivity contribution in [2.75, 3.05) is 0 Å². The maximum Gasteiger partial charge on any atom is 0.200 e. The van der Waals surface area contributed by atoms with Crippen LogP contribution in [0.5, 0.6) is 0 Å². The first-order chi connectivity index (χ1) is 6.18. The number of fused-ring (bicyclic) bond motifs is 1. The van der Waals surface area contributed by atoms with Crippen LogP contribution in [-0.4, -0.2) is 24.8 Å². The Labute approximate surface area is 74.8 Å². The fraction of sp³-hybridized carbons (Fsp3) is 0.429. The van der Waals surface area contributed by atoms with Gasteiger partial charge in [-0.05, 0) is 13.8 Å². The molecule has 6 nitrogen and oxygen atoms in total. The van der Waals surface area contributed by atoms with Crippen molar-refractivity contribution in [3.8, 4) is 0 Å². The topological polar surface area (TPSA) is 82.0 Å². The van der Waals surface area contributed by atoms with E-state index in [-0.39, 0.29) is 6.04 Å². The minimum absolute atomic E-state index is 0.159. The lowest BCUT2D eigenvalue weighted by molar-refractivity contribution is 0.735. The lowest BCUT2D eigenvalue weighted by atomic mass is 10.2. The number of rotatable bonds is 1. The minimum atomic E-state index is -0.159. The largest absolute Gasteiger partial charge is 0.323 e. The van der Waals surface area contributed by atoms with E-state index in [4.69, 9.17) is 5.73 Å². The van der Waals surface area contributed by atoms with E-state index in [1.807, 2.05) is 13.8 Å². The molecule has 1 atom stereocenters. The number of aromatic nitrogens is 5. The molecule has 0 saturated heterocycles. The van der Waals surface area contributed by atoms with E-state index in [1.165, 1.54) is 6.33 Å². The van der Waals surface area contributed by atoms with Crippen molar-refractivity contribution in [3.05, 3.63) is 17.8 Å². The fourth-order valence-corrected chi connectivity index (χ4v) is 1.18. The molecule has 0 bridgehead atoms. The molecular weight excluding hydrogens is 168 g/mol. The molecule has 2 N–H and O–H groups in total. The normalized spacial score (nSPS) is 13.5. The zero-order valence-corrected chi connectivity index (χ0v) is 7.47. The van der Waals surface area contributed by atoms with Crippen LogP contribution in [0.25, 0.3) is 5.65 Å². The Bertz CT molecular complexity index is 431. The molecule has 0 aromatic carbocycles. The Morgan fingerprint density at radius 2 is 2.31 bits per heavy atom. The second-order valence-corrected chi connectivity index (χ2v) is 2.93. The van der Waals surface area contributed by atoms with Crippen molar-refractivity contribution in [3.63, 3.8) is 0 Å². The molecule has 2 rings (SSSR count). The van der Waals surface area contributed by atoms with Gasteiger partial charge in [0.1, 0.15) is 17.8 Å². The van der Waals surface area contributed by atoms with Crippen LogP contribution in [0.3, 0.4) is 0 Å². The summed E-state index contributed by atoms with van der Waals surface area (Å²) in [7, 11) is 0. The zero-order valence-electron chi connectivity index (χ0n) is 7.47. The maximum atomic E-state index is 5.74. The summed E-state index contributed by atoms with van der Waals surface area (Å²) in [4.78, 5) is 4.21. The van der Waals surface area contributed by atoms with Crippen molar-refractivity contribution >= 4 is 5.65 Å². The third kappa shape index (κ3) is 1.25. The number of hydrogen-bond acceptors (Lipinski definition) is 5. The summed E-state index contributed by atoms with van der Waals surface area (Å²) in [6.45, 7) is 3.67. The molecule has 0 unspecified atom stereocenters. The highest BCUT2D eigenvalue weighted by Crippen LogP contribution is 2.10. The summed E-state index contributed by atoms with van der Waals surface area (Å²) in [6.07, 6.45) is 1.54. The van der Waals surface area contributed by atoms with Crippen molar-refractivity contribution in [1.29, 1.82) is 0 Å². The molecule has 0 fully saturated rings. The summed E-state index contributed by atoms with van der Waals surface area (Å²) in [6, 6.07) is -0.159. The van der Waals surface area contributed by atoms with E-state index in [1.54, 1.807) is 4.52 Å². The molecular formula is C7H10N6. The van der Waals surface area contributed by atoms with Gasteiger partial charge in [0.25, 0.3) is 0 Å². The lowest BCUT2D eigenvalue weighted by Crippen LogP contribution is -2.12. The lowest BCUT2D eigenvalue weighted by Gasteiger charge is -2.05. The highest BCUT2D eigenvalue weighted by molar-refractivity contribution is 5.42. The predicted octanol–water partition coefficient (Wildman–Crippen LogP) is -0.153. The van der Waals surface area contributed by atoms with Crippen molar-refractivity contribution < 1.29 is 0 Å². The zero-order chi connectivity index (χ0) is 9.42. The Hall–Kier alpha value is -1.56. The van der Waals surface area contributed by atoms with Gasteiger partial charge in [0, 0.05) is 6.04 Å². The number of nitrogens with zero attached hydrogens (tertiary/aromatic N) is 5. The van der Waals surface area contributed by atoms with Crippen LogP contribution in [0.2, 0.25) is 0 Å². The molecule has 6 heteroatoms. The van der Waals surface area contributed by atoms with Gasteiger partial charge in [0.05, 0.1) is 0 Å². The summed E-state index contributed by atoms with van der Waals surface area (Å²) in [5.41, 5.74) is 7.09. The minimum Gasteiger partial charge on any atom is -0.323 e. The van der Waals surface area contributed by atoms with E-state index in [0.717, 1.165) is 5.69 Å². The number of hydrogen-bond donors (Lipinski definition) is 1. The molecule has 2 aromatic rings.